The van der Waals surface area contributed by atoms with Crippen molar-refractivity contribution in [1.82, 2.24) is 4.98 Å². The summed E-state index contributed by atoms with van der Waals surface area (Å²) < 4.78 is 0. The molecule has 0 radical (unpaired) electrons. The highest BCUT2D eigenvalue weighted by Crippen LogP contribution is 2.07. The third kappa shape index (κ3) is 1.17. The summed E-state index contributed by atoms with van der Waals surface area (Å²) in [6.07, 6.45) is 2.02. The fraction of sp³-hybridized carbons (Fsp3) is 0. The van der Waals surface area contributed by atoms with Crippen molar-refractivity contribution in [2.75, 3.05) is 0 Å². The van der Waals surface area contributed by atoms with Crippen LogP contribution in [0.1, 0.15) is 10.5 Å². The molecule has 3 nitrogen and oxygen atoms in total. The van der Waals surface area contributed by atoms with Gasteiger partial charge in [0, 0.05) is 6.20 Å². The van der Waals surface area contributed by atoms with Gasteiger partial charge in [-0.2, -0.15) is 0 Å². The van der Waals surface area contributed by atoms with Gasteiger partial charge < -0.3 is 0 Å². The maximum Gasteiger partial charge on any atom is 0.205 e. The third-order valence-corrected chi connectivity index (χ3v) is 1.02. The summed E-state index contributed by atoms with van der Waals surface area (Å²) in [5.74, 6) is 0. The topological polar surface area (TPSA) is 34.3 Å². The molecule has 0 aliphatic heterocycles. The minimum absolute atomic E-state index is 0.354. The lowest BCUT2D eigenvalue weighted by atomic mass is 10.3. The number of aldehydes is 1. The van der Waals surface area contributed by atoms with Crippen molar-refractivity contribution < 1.29 is 4.79 Å². The predicted octanol–water partition coefficient (Wildman–Crippen LogP) is 1.44. The van der Waals surface area contributed by atoms with Gasteiger partial charge in [-0.05, 0) is 6.07 Å². The highest BCUT2D eigenvalue weighted by molar-refractivity contribution is 5.72. The van der Waals surface area contributed by atoms with Gasteiger partial charge in [-0.25, -0.2) is 4.85 Å². The van der Waals surface area contributed by atoms with Gasteiger partial charge in [-0.3, -0.25) is 9.78 Å². The smallest absolute Gasteiger partial charge is 0.205 e. The van der Waals surface area contributed by atoms with Crippen LogP contribution in [-0.2, 0) is 0 Å². The molecule has 0 amide bonds. The van der Waals surface area contributed by atoms with E-state index in [0.29, 0.717) is 17.7 Å². The van der Waals surface area contributed by atoms with E-state index in [2.05, 4.69) is 9.83 Å². The first kappa shape index (κ1) is 6.43. The number of hydrogen-bond donors (Lipinski definition) is 0. The lowest BCUT2D eigenvalue weighted by Gasteiger charge is -1.87. The molecule has 48 valence electrons. The van der Waals surface area contributed by atoms with Crippen LogP contribution < -0.4 is 0 Å². The number of carbonyl (C=O) groups is 1. The van der Waals surface area contributed by atoms with Crippen LogP contribution in [-0.4, -0.2) is 11.3 Å². The fourth-order valence-electron chi connectivity index (χ4n) is 0.533. The van der Waals surface area contributed by atoms with E-state index in [9.17, 15) is 4.79 Å². The molecule has 1 rings (SSSR count). The zero-order chi connectivity index (χ0) is 7.40. The van der Waals surface area contributed by atoms with Crippen LogP contribution in [0.4, 0.5) is 5.69 Å². The molecule has 1 heterocycles. The van der Waals surface area contributed by atoms with Gasteiger partial charge in [0.05, 0.1) is 12.3 Å². The van der Waals surface area contributed by atoms with Crippen LogP contribution in [0.2, 0.25) is 0 Å². The maximum atomic E-state index is 10.1. The SMILES string of the molecule is [C-]#[N+]c1ccc(C=O)nc1. The molecule has 0 aromatic carbocycles. The molecular weight excluding hydrogens is 128 g/mol. The van der Waals surface area contributed by atoms with E-state index >= 15 is 0 Å². The molecule has 0 spiro atoms. The molecular formula is C7H4N2O. The molecule has 1 aromatic heterocycles. The van der Waals surface area contributed by atoms with Gasteiger partial charge in [-0.1, -0.05) is 6.07 Å². The Morgan fingerprint density at radius 3 is 2.80 bits per heavy atom. The van der Waals surface area contributed by atoms with E-state index in [1.807, 2.05) is 0 Å². The van der Waals surface area contributed by atoms with Gasteiger partial charge in [0.1, 0.15) is 0 Å². The van der Waals surface area contributed by atoms with E-state index < -0.39 is 0 Å². The highest BCUT2D eigenvalue weighted by atomic mass is 16.1. The summed E-state index contributed by atoms with van der Waals surface area (Å²) in [7, 11) is 0. The lowest BCUT2D eigenvalue weighted by molar-refractivity contribution is 0.111. The molecule has 0 fully saturated rings. The van der Waals surface area contributed by atoms with Crippen LogP contribution in [0.25, 0.3) is 4.85 Å². The molecule has 0 unspecified atom stereocenters. The largest absolute Gasteiger partial charge is 0.296 e. The van der Waals surface area contributed by atoms with Crippen molar-refractivity contribution in [3.8, 4) is 0 Å². The zero-order valence-electron chi connectivity index (χ0n) is 5.11. The zero-order valence-corrected chi connectivity index (χ0v) is 5.11. The molecule has 10 heavy (non-hydrogen) atoms. The van der Waals surface area contributed by atoms with Gasteiger partial charge in [0.2, 0.25) is 5.69 Å². The number of pyridine rings is 1. The standard InChI is InChI=1S/C7H4N2O/c1-8-6-2-3-7(5-10)9-4-6/h2-5H. The average molecular weight is 132 g/mol. The summed E-state index contributed by atoms with van der Waals surface area (Å²) >= 11 is 0. The van der Waals surface area contributed by atoms with E-state index in [1.165, 1.54) is 12.3 Å². The number of rotatable bonds is 1. The van der Waals surface area contributed by atoms with E-state index in [4.69, 9.17) is 6.57 Å². The molecule has 0 atom stereocenters. The molecule has 3 heteroatoms. The van der Waals surface area contributed by atoms with Crippen molar-refractivity contribution in [2.45, 2.75) is 0 Å². The Kier molecular flexibility index (Phi) is 1.76. The second-order valence-electron chi connectivity index (χ2n) is 1.67. The second kappa shape index (κ2) is 2.74. The molecule has 0 saturated carbocycles. The predicted molar refractivity (Wildman–Crippen MR) is 35.9 cm³/mol. The Morgan fingerprint density at radius 2 is 2.40 bits per heavy atom. The van der Waals surface area contributed by atoms with Crippen LogP contribution in [0.5, 0.6) is 0 Å². The molecule has 0 aliphatic carbocycles. The Bertz CT molecular complexity index is 271. The van der Waals surface area contributed by atoms with Crippen LogP contribution in [0.3, 0.4) is 0 Å². The molecule has 0 aliphatic rings. The van der Waals surface area contributed by atoms with Crippen LogP contribution in [0.15, 0.2) is 18.3 Å². The Hall–Kier alpha value is -1.69. The Labute approximate surface area is 58.1 Å². The summed E-state index contributed by atoms with van der Waals surface area (Å²) in [6, 6.07) is 3.07. The van der Waals surface area contributed by atoms with Gasteiger partial charge >= 0.3 is 0 Å². The summed E-state index contributed by atoms with van der Waals surface area (Å²) in [5, 5.41) is 0. The van der Waals surface area contributed by atoms with Crippen molar-refractivity contribution >= 4 is 12.0 Å². The number of carbonyl (C=O) groups excluding carboxylic acids is 1. The quantitative estimate of drug-likeness (QED) is 0.428. The Balaban J connectivity index is 3.04. The molecule has 0 bridgehead atoms. The first-order chi connectivity index (χ1) is 4.86. The summed E-state index contributed by atoms with van der Waals surface area (Å²) in [5.41, 5.74) is 0.804. The highest BCUT2D eigenvalue weighted by Gasteiger charge is 1.90. The second-order valence-corrected chi connectivity index (χ2v) is 1.67. The van der Waals surface area contributed by atoms with Crippen molar-refractivity contribution in [1.29, 1.82) is 0 Å². The number of hydrogen-bond acceptors (Lipinski definition) is 2. The summed E-state index contributed by atoms with van der Waals surface area (Å²) in [4.78, 5) is 16.9. The van der Waals surface area contributed by atoms with Crippen molar-refractivity contribution in [3.63, 3.8) is 0 Å². The van der Waals surface area contributed by atoms with E-state index in [1.54, 1.807) is 6.07 Å². The van der Waals surface area contributed by atoms with Gasteiger partial charge in [-0.15, -0.1) is 0 Å². The number of aromatic nitrogens is 1. The molecule has 0 N–H and O–H groups in total. The Morgan fingerprint density at radius 1 is 1.60 bits per heavy atom. The minimum atomic E-state index is 0.354. The van der Waals surface area contributed by atoms with Gasteiger partial charge in [0.15, 0.2) is 6.29 Å². The lowest BCUT2D eigenvalue weighted by Crippen LogP contribution is -1.81. The third-order valence-electron chi connectivity index (χ3n) is 1.02. The molecule has 1 aromatic rings. The fourth-order valence-corrected chi connectivity index (χ4v) is 0.533. The summed E-state index contributed by atoms with van der Waals surface area (Å²) in [6.45, 7) is 6.57. The first-order valence-electron chi connectivity index (χ1n) is 2.65. The van der Waals surface area contributed by atoms with E-state index in [0.717, 1.165) is 0 Å². The van der Waals surface area contributed by atoms with Crippen LogP contribution in [0, 0.1) is 6.57 Å². The molecule has 0 saturated heterocycles. The normalized spacial score (nSPS) is 8.30. The monoisotopic (exact) mass is 132 g/mol. The minimum Gasteiger partial charge on any atom is -0.296 e. The van der Waals surface area contributed by atoms with Crippen molar-refractivity contribution in [3.05, 3.63) is 35.4 Å². The van der Waals surface area contributed by atoms with Gasteiger partial charge in [0.25, 0.3) is 0 Å². The van der Waals surface area contributed by atoms with E-state index in [-0.39, 0.29) is 0 Å². The number of nitrogens with zero attached hydrogens (tertiary/aromatic N) is 2. The average Bonchev–Trinajstić information content (AvgIpc) is 2.05. The first-order valence-corrected chi connectivity index (χ1v) is 2.65. The van der Waals surface area contributed by atoms with Crippen LogP contribution >= 0.6 is 0 Å². The maximum absolute atomic E-state index is 10.1. The van der Waals surface area contributed by atoms with Crippen molar-refractivity contribution in [2.24, 2.45) is 0 Å².